The number of nitrogens with zero attached hydrogens (tertiary/aromatic N) is 3. The van der Waals surface area contributed by atoms with Gasteiger partial charge in [0.25, 0.3) is 0 Å². The molecular formula is C23H34FN3O3S. The van der Waals surface area contributed by atoms with Crippen molar-refractivity contribution in [2.75, 3.05) is 45.7 Å². The lowest BCUT2D eigenvalue weighted by Crippen LogP contribution is -2.55. The fourth-order valence-electron chi connectivity index (χ4n) is 5.49. The van der Waals surface area contributed by atoms with Crippen molar-refractivity contribution in [3.05, 3.63) is 35.6 Å². The third kappa shape index (κ3) is 4.46. The van der Waals surface area contributed by atoms with Crippen LogP contribution in [0.5, 0.6) is 0 Å². The van der Waals surface area contributed by atoms with Gasteiger partial charge in [-0.3, -0.25) is 4.90 Å². The summed E-state index contributed by atoms with van der Waals surface area (Å²) in [5, 5.41) is 0. The molecule has 1 heterocycles. The average molecular weight is 452 g/mol. The van der Waals surface area contributed by atoms with Crippen LogP contribution in [0, 0.1) is 11.7 Å². The van der Waals surface area contributed by atoms with Gasteiger partial charge in [-0.2, -0.15) is 0 Å². The number of halogens is 1. The molecule has 2 aliphatic carbocycles. The average Bonchev–Trinajstić information content (AvgIpc) is 3.49. The fraction of sp³-hybridized carbons (Fsp3) is 0.696. The first-order valence-corrected chi connectivity index (χ1v) is 13.3. The summed E-state index contributed by atoms with van der Waals surface area (Å²) in [4.78, 5) is 19.3. The highest BCUT2D eigenvalue weighted by Crippen LogP contribution is 2.50. The standard InChI is InChI=1S/C23H34FN3O3S/c1-25(2)23(19-5-4-6-20(24)15-19)11-9-22(10-12-23)17-26(13-14-31(3,29)30)21(28)27(22)16-18-7-8-18/h4-6,15,18H,7-14,16-17H2,1-3H3/t22-,23+. The van der Waals surface area contributed by atoms with Crippen LogP contribution in [-0.2, 0) is 15.4 Å². The van der Waals surface area contributed by atoms with Crippen LogP contribution in [-0.4, -0.2) is 80.4 Å². The maximum atomic E-state index is 14.0. The molecule has 0 atom stereocenters. The lowest BCUT2D eigenvalue weighted by Gasteiger charge is -2.51. The molecule has 2 saturated carbocycles. The van der Waals surface area contributed by atoms with Crippen molar-refractivity contribution in [2.24, 2.45) is 5.92 Å². The highest BCUT2D eigenvalue weighted by molar-refractivity contribution is 7.90. The van der Waals surface area contributed by atoms with E-state index in [9.17, 15) is 17.6 Å². The van der Waals surface area contributed by atoms with Crippen molar-refractivity contribution >= 4 is 15.9 Å². The molecule has 0 unspecified atom stereocenters. The predicted molar refractivity (Wildman–Crippen MR) is 119 cm³/mol. The number of urea groups is 1. The number of amides is 2. The highest BCUT2D eigenvalue weighted by Gasteiger charge is 2.55. The minimum Gasteiger partial charge on any atom is -0.321 e. The second-order valence-corrected chi connectivity index (χ2v) is 12.3. The van der Waals surface area contributed by atoms with Gasteiger partial charge in [-0.15, -0.1) is 0 Å². The van der Waals surface area contributed by atoms with Crippen LogP contribution in [0.2, 0.25) is 0 Å². The smallest absolute Gasteiger partial charge is 0.320 e. The lowest BCUT2D eigenvalue weighted by atomic mass is 9.68. The van der Waals surface area contributed by atoms with Gasteiger partial charge in [-0.1, -0.05) is 12.1 Å². The van der Waals surface area contributed by atoms with Crippen LogP contribution in [0.1, 0.15) is 44.1 Å². The number of sulfone groups is 1. The molecule has 8 heteroatoms. The molecule has 31 heavy (non-hydrogen) atoms. The third-order valence-electron chi connectivity index (χ3n) is 7.65. The van der Waals surface area contributed by atoms with Gasteiger partial charge in [-0.25, -0.2) is 17.6 Å². The quantitative estimate of drug-likeness (QED) is 0.639. The van der Waals surface area contributed by atoms with E-state index in [-0.39, 0.29) is 35.2 Å². The van der Waals surface area contributed by atoms with Crippen LogP contribution in [0.3, 0.4) is 0 Å². The van der Waals surface area contributed by atoms with Crippen LogP contribution in [0.15, 0.2) is 24.3 Å². The van der Waals surface area contributed by atoms with Crippen LogP contribution < -0.4 is 0 Å². The number of rotatable bonds is 7. The molecule has 0 bridgehead atoms. The van der Waals surface area contributed by atoms with Crippen molar-refractivity contribution in [3.63, 3.8) is 0 Å². The molecular weight excluding hydrogens is 417 g/mol. The predicted octanol–water partition coefficient (Wildman–Crippen LogP) is 3.09. The van der Waals surface area contributed by atoms with Crippen molar-refractivity contribution in [1.29, 1.82) is 0 Å². The Kier molecular flexibility index (Phi) is 5.83. The molecule has 0 aromatic heterocycles. The van der Waals surface area contributed by atoms with Crippen molar-refractivity contribution in [2.45, 2.75) is 49.6 Å². The van der Waals surface area contributed by atoms with E-state index in [1.807, 2.05) is 20.2 Å². The minimum absolute atomic E-state index is 0.00296. The van der Waals surface area contributed by atoms with Gasteiger partial charge in [0.1, 0.15) is 15.7 Å². The molecule has 3 fully saturated rings. The molecule has 172 valence electrons. The Morgan fingerprint density at radius 2 is 1.84 bits per heavy atom. The van der Waals surface area contributed by atoms with Gasteiger partial charge < -0.3 is 9.80 Å². The van der Waals surface area contributed by atoms with Crippen LogP contribution >= 0.6 is 0 Å². The summed E-state index contributed by atoms with van der Waals surface area (Å²) in [5.41, 5.74) is 0.464. The Morgan fingerprint density at radius 1 is 1.16 bits per heavy atom. The summed E-state index contributed by atoms with van der Waals surface area (Å²) in [6.07, 6.45) is 6.86. The fourth-order valence-corrected chi connectivity index (χ4v) is 6.04. The Labute approximate surface area is 185 Å². The number of carbonyl (C=O) groups is 1. The zero-order chi connectivity index (χ0) is 22.4. The second-order valence-electron chi connectivity index (χ2n) is 10.0. The first-order valence-electron chi connectivity index (χ1n) is 11.2. The van der Waals surface area contributed by atoms with Crippen molar-refractivity contribution < 1.29 is 17.6 Å². The summed E-state index contributed by atoms with van der Waals surface area (Å²) in [7, 11) is 0.959. The molecule has 1 saturated heterocycles. The number of hydrogen-bond donors (Lipinski definition) is 0. The van der Waals surface area contributed by atoms with E-state index in [4.69, 9.17) is 0 Å². The maximum Gasteiger partial charge on any atom is 0.320 e. The van der Waals surface area contributed by atoms with E-state index in [0.29, 0.717) is 12.5 Å². The van der Waals surface area contributed by atoms with Gasteiger partial charge in [0.2, 0.25) is 0 Å². The van der Waals surface area contributed by atoms with Crippen molar-refractivity contribution in [3.8, 4) is 0 Å². The highest BCUT2D eigenvalue weighted by atomic mass is 32.2. The zero-order valence-corrected chi connectivity index (χ0v) is 19.6. The molecule has 2 amide bonds. The molecule has 6 nitrogen and oxygen atoms in total. The number of benzene rings is 1. The SMILES string of the molecule is CN(C)[C@]1(c2cccc(F)c2)CC[C@]2(CC1)CN(CCS(C)(=O)=O)C(=O)N2CC1CC1. The summed E-state index contributed by atoms with van der Waals surface area (Å²) in [6, 6.07) is 6.87. The normalized spacial score (nSPS) is 29.4. The van der Waals surface area contributed by atoms with E-state index in [1.165, 1.54) is 12.3 Å². The summed E-state index contributed by atoms with van der Waals surface area (Å²) >= 11 is 0. The number of carbonyl (C=O) groups excluding carboxylic acids is 1. The first kappa shape index (κ1) is 22.5. The largest absolute Gasteiger partial charge is 0.321 e. The molecule has 3 aliphatic rings. The molecule has 1 aromatic rings. The van der Waals surface area contributed by atoms with Gasteiger partial charge >= 0.3 is 6.03 Å². The van der Waals surface area contributed by atoms with Crippen LogP contribution in [0.25, 0.3) is 0 Å². The van der Waals surface area contributed by atoms with Gasteiger partial charge in [-0.05, 0) is 76.2 Å². The molecule has 1 aromatic carbocycles. The maximum absolute atomic E-state index is 14.0. The van der Waals surface area contributed by atoms with E-state index in [1.54, 1.807) is 17.0 Å². The van der Waals surface area contributed by atoms with Gasteiger partial charge in [0.15, 0.2) is 0 Å². The van der Waals surface area contributed by atoms with E-state index in [0.717, 1.165) is 50.6 Å². The topological polar surface area (TPSA) is 60.9 Å². The summed E-state index contributed by atoms with van der Waals surface area (Å²) < 4.78 is 37.4. The summed E-state index contributed by atoms with van der Waals surface area (Å²) in [5.74, 6) is 0.341. The van der Waals surface area contributed by atoms with E-state index < -0.39 is 9.84 Å². The third-order valence-corrected chi connectivity index (χ3v) is 8.58. The van der Waals surface area contributed by atoms with Gasteiger partial charge in [0.05, 0.1) is 11.3 Å². The second kappa shape index (κ2) is 8.03. The number of hydrogen-bond acceptors (Lipinski definition) is 4. The zero-order valence-electron chi connectivity index (χ0n) is 18.8. The first-order chi connectivity index (χ1) is 14.5. The van der Waals surface area contributed by atoms with E-state index in [2.05, 4.69) is 9.80 Å². The molecule has 4 rings (SSSR count). The van der Waals surface area contributed by atoms with Crippen molar-refractivity contribution in [1.82, 2.24) is 14.7 Å². The molecule has 0 N–H and O–H groups in total. The molecule has 1 spiro atoms. The summed E-state index contributed by atoms with van der Waals surface area (Å²) in [6.45, 7) is 1.60. The lowest BCUT2D eigenvalue weighted by molar-refractivity contribution is 0.0232. The molecule has 1 aliphatic heterocycles. The van der Waals surface area contributed by atoms with Crippen LogP contribution in [0.4, 0.5) is 9.18 Å². The minimum atomic E-state index is -3.13. The Balaban J connectivity index is 1.58. The molecule has 0 radical (unpaired) electrons. The Bertz CT molecular complexity index is 937. The Morgan fingerprint density at radius 3 is 2.39 bits per heavy atom. The van der Waals surface area contributed by atoms with Gasteiger partial charge in [0, 0.05) is 31.4 Å². The van der Waals surface area contributed by atoms with E-state index >= 15 is 0 Å². The Hall–Kier alpha value is -1.67. The monoisotopic (exact) mass is 451 g/mol.